The highest BCUT2D eigenvalue weighted by Gasteiger charge is 2.19. The molecule has 3 N–H and O–H groups in total. The van der Waals surface area contributed by atoms with Gasteiger partial charge in [0.2, 0.25) is 0 Å². The molecule has 5 rings (SSSR count). The van der Waals surface area contributed by atoms with Crippen LogP contribution in [-0.2, 0) is 10.1 Å². The van der Waals surface area contributed by atoms with Gasteiger partial charge in [0, 0.05) is 11.6 Å². The van der Waals surface area contributed by atoms with Gasteiger partial charge in [-0.15, -0.1) is 0 Å². The monoisotopic (exact) mass is 460 g/mol. The molecule has 0 saturated heterocycles. The predicted molar refractivity (Wildman–Crippen MR) is 127 cm³/mol. The average molecular weight is 461 g/mol. The van der Waals surface area contributed by atoms with E-state index in [1.54, 1.807) is 19.2 Å². The zero-order valence-corrected chi connectivity index (χ0v) is 18.6. The van der Waals surface area contributed by atoms with Gasteiger partial charge in [-0.25, -0.2) is 4.98 Å². The van der Waals surface area contributed by atoms with E-state index in [1.165, 1.54) is 6.07 Å². The largest absolute Gasteiger partial charge is 0.507 e. The Labute approximate surface area is 190 Å². The van der Waals surface area contributed by atoms with Crippen molar-refractivity contribution in [2.45, 2.75) is 11.8 Å². The fourth-order valence-electron chi connectivity index (χ4n) is 4.06. The van der Waals surface area contributed by atoms with Gasteiger partial charge in [-0.3, -0.25) is 4.55 Å². The first-order chi connectivity index (χ1) is 15.8. The number of imidazole rings is 1. The van der Waals surface area contributed by atoms with E-state index >= 15 is 0 Å². The lowest BCUT2D eigenvalue weighted by Crippen LogP contribution is -1.97. The van der Waals surface area contributed by atoms with E-state index < -0.39 is 10.1 Å². The van der Waals surface area contributed by atoms with Crippen molar-refractivity contribution < 1.29 is 22.8 Å². The van der Waals surface area contributed by atoms with Crippen LogP contribution in [0.5, 0.6) is 11.5 Å². The van der Waals surface area contributed by atoms with Crippen molar-refractivity contribution >= 4 is 31.9 Å². The van der Waals surface area contributed by atoms with E-state index in [0.29, 0.717) is 33.4 Å². The van der Waals surface area contributed by atoms with Gasteiger partial charge in [0.25, 0.3) is 10.1 Å². The summed E-state index contributed by atoms with van der Waals surface area (Å²) in [5, 5.41) is 11.4. The van der Waals surface area contributed by atoms with Crippen LogP contribution in [0.15, 0.2) is 71.6 Å². The Kier molecular flexibility index (Phi) is 4.84. The van der Waals surface area contributed by atoms with E-state index in [0.717, 1.165) is 28.3 Å². The van der Waals surface area contributed by atoms with Crippen molar-refractivity contribution in [1.82, 2.24) is 9.97 Å². The molecule has 0 bridgehead atoms. The van der Waals surface area contributed by atoms with Gasteiger partial charge < -0.3 is 14.8 Å². The average Bonchev–Trinajstić information content (AvgIpc) is 3.22. The Morgan fingerprint density at radius 1 is 0.970 bits per heavy atom. The molecular weight excluding hydrogens is 440 g/mol. The van der Waals surface area contributed by atoms with E-state index in [4.69, 9.17) is 9.72 Å². The van der Waals surface area contributed by atoms with E-state index in [1.807, 2.05) is 49.4 Å². The number of aromatic hydroxyl groups is 1. The third kappa shape index (κ3) is 3.59. The molecule has 5 aromatic rings. The van der Waals surface area contributed by atoms with Gasteiger partial charge in [-0.05, 0) is 36.1 Å². The van der Waals surface area contributed by atoms with E-state index in [2.05, 4.69) is 4.98 Å². The molecule has 0 saturated carbocycles. The zero-order valence-electron chi connectivity index (χ0n) is 17.8. The summed E-state index contributed by atoms with van der Waals surface area (Å²) in [7, 11) is -2.85. The first kappa shape index (κ1) is 21.0. The van der Waals surface area contributed by atoms with Crippen molar-refractivity contribution in [3.05, 3.63) is 72.3 Å². The third-order valence-electron chi connectivity index (χ3n) is 5.65. The molecule has 0 fully saturated rings. The van der Waals surface area contributed by atoms with Crippen LogP contribution in [0.4, 0.5) is 0 Å². The maximum Gasteiger partial charge on any atom is 0.294 e. The summed E-state index contributed by atoms with van der Waals surface area (Å²) in [5.41, 5.74) is 4.97. The first-order valence-electron chi connectivity index (χ1n) is 10.1. The summed E-state index contributed by atoms with van der Waals surface area (Å²) in [5.74, 6) is 0.910. The molecular formula is C25H20N2O5S. The Balaban J connectivity index is 1.72. The summed E-state index contributed by atoms with van der Waals surface area (Å²) in [6, 6.07) is 19.7. The number of phenolic OH excluding ortho intramolecular Hbond substituents is 1. The second kappa shape index (κ2) is 7.61. The molecule has 166 valence electrons. The van der Waals surface area contributed by atoms with Gasteiger partial charge in [-0.2, -0.15) is 8.42 Å². The summed E-state index contributed by atoms with van der Waals surface area (Å²) in [4.78, 5) is 7.60. The predicted octanol–water partition coefficient (Wildman–Crippen LogP) is 5.32. The Morgan fingerprint density at radius 2 is 1.70 bits per heavy atom. The number of nitrogens with zero attached hydrogens (tertiary/aromatic N) is 1. The van der Waals surface area contributed by atoms with Crippen molar-refractivity contribution in [3.8, 4) is 34.0 Å². The fourth-order valence-corrected chi connectivity index (χ4v) is 4.60. The summed E-state index contributed by atoms with van der Waals surface area (Å²) in [6.07, 6.45) is 0. The topological polar surface area (TPSA) is 113 Å². The minimum Gasteiger partial charge on any atom is -0.507 e. The standard InChI is InChI=1S/C25H20N2O5S/c1-14-6-8-15(9-7-14)18-4-3-5-19(24(18)32-2)25-26-20-11-10-16-12-17(33(29,30)31)13-21(28)22(16)23(20)27-25/h3-13,28H,1-2H3,(H,26,27)(H,29,30,31). The molecule has 0 spiro atoms. The molecule has 1 heterocycles. The lowest BCUT2D eigenvalue weighted by atomic mass is 10.00. The number of nitrogens with one attached hydrogen (secondary N) is 1. The lowest BCUT2D eigenvalue weighted by molar-refractivity contribution is 0.418. The number of phenols is 1. The van der Waals surface area contributed by atoms with Gasteiger partial charge in [-0.1, -0.05) is 48.0 Å². The lowest BCUT2D eigenvalue weighted by Gasteiger charge is -2.12. The third-order valence-corrected chi connectivity index (χ3v) is 6.49. The maximum absolute atomic E-state index is 11.5. The molecule has 1 aromatic heterocycles. The normalized spacial score (nSPS) is 11.8. The van der Waals surface area contributed by atoms with Crippen molar-refractivity contribution in [3.63, 3.8) is 0 Å². The highest BCUT2D eigenvalue weighted by Crippen LogP contribution is 2.40. The molecule has 33 heavy (non-hydrogen) atoms. The number of aromatic amines is 1. The number of H-pyrrole nitrogens is 1. The second-order valence-corrected chi connectivity index (χ2v) is 9.24. The molecule has 0 aliphatic carbocycles. The van der Waals surface area contributed by atoms with E-state index in [-0.39, 0.29) is 10.6 Å². The van der Waals surface area contributed by atoms with Crippen LogP contribution >= 0.6 is 0 Å². The van der Waals surface area contributed by atoms with Crippen LogP contribution < -0.4 is 4.74 Å². The quantitative estimate of drug-likeness (QED) is 0.313. The molecule has 0 atom stereocenters. The van der Waals surface area contributed by atoms with Gasteiger partial charge >= 0.3 is 0 Å². The fraction of sp³-hybridized carbons (Fsp3) is 0.0800. The van der Waals surface area contributed by atoms with Crippen LogP contribution in [-0.4, -0.2) is 35.2 Å². The number of rotatable bonds is 4. The van der Waals surface area contributed by atoms with Gasteiger partial charge in [0.15, 0.2) is 0 Å². The highest BCUT2D eigenvalue weighted by molar-refractivity contribution is 7.85. The molecule has 0 radical (unpaired) electrons. The van der Waals surface area contributed by atoms with Crippen molar-refractivity contribution in [2.24, 2.45) is 0 Å². The molecule has 0 aliphatic rings. The number of aromatic nitrogens is 2. The number of hydrogen-bond acceptors (Lipinski definition) is 5. The molecule has 0 unspecified atom stereocenters. The number of methoxy groups -OCH3 is 1. The molecule has 0 amide bonds. The van der Waals surface area contributed by atoms with Crippen LogP contribution in [0, 0.1) is 6.92 Å². The number of ether oxygens (including phenoxy) is 1. The van der Waals surface area contributed by atoms with E-state index in [9.17, 15) is 18.1 Å². The van der Waals surface area contributed by atoms with Crippen molar-refractivity contribution in [2.75, 3.05) is 7.11 Å². The minimum absolute atomic E-state index is 0.288. The summed E-state index contributed by atoms with van der Waals surface area (Å²) in [6.45, 7) is 2.03. The van der Waals surface area contributed by atoms with Crippen LogP contribution in [0.1, 0.15) is 5.56 Å². The Morgan fingerprint density at radius 3 is 2.39 bits per heavy atom. The van der Waals surface area contributed by atoms with Crippen LogP contribution in [0.25, 0.3) is 44.3 Å². The maximum atomic E-state index is 11.5. The van der Waals surface area contributed by atoms with Crippen LogP contribution in [0.3, 0.4) is 0 Å². The van der Waals surface area contributed by atoms with Gasteiger partial charge in [0.1, 0.15) is 22.8 Å². The number of benzene rings is 4. The minimum atomic E-state index is -4.46. The number of aryl methyl sites for hydroxylation is 1. The number of para-hydroxylation sites is 1. The highest BCUT2D eigenvalue weighted by atomic mass is 32.2. The zero-order chi connectivity index (χ0) is 23.3. The number of hydrogen-bond donors (Lipinski definition) is 3. The molecule has 8 heteroatoms. The molecule has 7 nitrogen and oxygen atoms in total. The van der Waals surface area contributed by atoms with Crippen molar-refractivity contribution in [1.29, 1.82) is 0 Å². The smallest absolute Gasteiger partial charge is 0.294 e. The second-order valence-electron chi connectivity index (χ2n) is 7.82. The summed E-state index contributed by atoms with van der Waals surface area (Å²) < 4.78 is 38.2. The van der Waals surface area contributed by atoms with Gasteiger partial charge in [0.05, 0.1) is 28.5 Å². The molecule has 4 aromatic carbocycles. The van der Waals surface area contributed by atoms with Crippen LogP contribution in [0.2, 0.25) is 0 Å². The Hall–Kier alpha value is -3.88. The molecule has 0 aliphatic heterocycles. The summed E-state index contributed by atoms with van der Waals surface area (Å²) >= 11 is 0. The SMILES string of the molecule is COc1c(-c2ccc(C)cc2)cccc1-c1nc2c(ccc3cc(S(=O)(=O)O)cc(O)c32)[nH]1. The Bertz CT molecular complexity index is 1640. The number of fused-ring (bicyclic) bond motifs is 3. The first-order valence-corrected chi connectivity index (χ1v) is 11.6.